The van der Waals surface area contributed by atoms with Crippen LogP contribution in [0, 0.1) is 0 Å². The van der Waals surface area contributed by atoms with Crippen molar-refractivity contribution in [3.63, 3.8) is 0 Å². The highest BCUT2D eigenvalue weighted by molar-refractivity contribution is 6.39. The third-order valence-electron chi connectivity index (χ3n) is 6.17. The largest absolute Gasteiger partial charge is 0.505 e. The normalized spacial score (nSPS) is 14.7. The van der Waals surface area contributed by atoms with Gasteiger partial charge in [-0.3, -0.25) is 9.69 Å². The first-order valence-electron chi connectivity index (χ1n) is 11.5. The van der Waals surface area contributed by atoms with Gasteiger partial charge in [-0.1, -0.05) is 53.5 Å². The van der Waals surface area contributed by atoms with Crippen LogP contribution >= 0.6 is 48.0 Å². The Kier molecular flexibility index (Phi) is 13.8. The third kappa shape index (κ3) is 8.53. The maximum Gasteiger partial charge on any atom is 0.326 e. The van der Waals surface area contributed by atoms with E-state index in [0.29, 0.717) is 13.2 Å². The van der Waals surface area contributed by atoms with Crippen LogP contribution in [-0.2, 0) is 11.2 Å². The van der Waals surface area contributed by atoms with Crippen LogP contribution in [0.5, 0.6) is 11.5 Å². The fourth-order valence-corrected chi connectivity index (χ4v) is 4.63. The number of benzene rings is 2. The van der Waals surface area contributed by atoms with Crippen LogP contribution in [0.2, 0.25) is 10.0 Å². The van der Waals surface area contributed by atoms with Crippen molar-refractivity contribution in [2.75, 3.05) is 52.9 Å². The average Bonchev–Trinajstić information content (AvgIpc) is 2.85. The Morgan fingerprint density at radius 1 is 1.11 bits per heavy atom. The van der Waals surface area contributed by atoms with E-state index >= 15 is 0 Å². The number of halogens is 4. The fraction of sp³-hybridized carbons (Fsp3) is 0.440. The predicted molar refractivity (Wildman–Crippen MR) is 150 cm³/mol. The molecule has 8 nitrogen and oxygen atoms in total. The van der Waals surface area contributed by atoms with Gasteiger partial charge in [0.05, 0.1) is 10.6 Å². The topological polar surface area (TPSA) is 93.5 Å². The molecule has 1 unspecified atom stereocenters. The van der Waals surface area contributed by atoms with Gasteiger partial charge < -0.3 is 24.7 Å². The number of aliphatic carboxylic acids is 1. The Bertz CT molecular complexity index is 1040. The van der Waals surface area contributed by atoms with Crippen molar-refractivity contribution in [1.82, 2.24) is 14.7 Å². The lowest BCUT2D eigenvalue weighted by Gasteiger charge is -2.32. The van der Waals surface area contributed by atoms with Gasteiger partial charge in [-0.25, -0.2) is 4.79 Å². The number of nitrogens with zero attached hydrogens (tertiary/aromatic N) is 3. The first-order chi connectivity index (χ1) is 16.7. The molecule has 1 saturated heterocycles. The lowest BCUT2D eigenvalue weighted by molar-refractivity contribution is -0.142. The summed E-state index contributed by atoms with van der Waals surface area (Å²) in [6.07, 6.45) is 0.117. The number of phenolic OH excluding ortho intramolecular Hbond substituents is 1. The number of carboxylic acids is 1. The summed E-state index contributed by atoms with van der Waals surface area (Å²) in [7, 11) is 2.08. The summed E-state index contributed by atoms with van der Waals surface area (Å²) >= 11 is 12.7. The van der Waals surface area contributed by atoms with Crippen LogP contribution in [0.4, 0.5) is 0 Å². The van der Waals surface area contributed by atoms with E-state index in [0.717, 1.165) is 31.7 Å². The molecule has 1 fully saturated rings. The molecule has 0 bridgehead atoms. The SMILES string of the molecule is CCN(C(=O)c1cc(Cl)c(OCCN2CCN(C)CC2)c(Cl)c1O)C(Cc1ccccc1)C(=O)O.Cl.Cl. The molecule has 206 valence electrons. The monoisotopic (exact) mass is 595 g/mol. The number of phenols is 1. The quantitative estimate of drug-likeness (QED) is 0.422. The van der Waals surface area contributed by atoms with Gasteiger partial charge in [-0.05, 0) is 25.6 Å². The zero-order chi connectivity index (χ0) is 25.5. The summed E-state index contributed by atoms with van der Waals surface area (Å²) in [4.78, 5) is 31.1. The number of carbonyl (C=O) groups is 2. The van der Waals surface area contributed by atoms with Gasteiger partial charge in [-0.15, -0.1) is 24.8 Å². The zero-order valence-corrected chi connectivity index (χ0v) is 23.9. The predicted octanol–water partition coefficient (Wildman–Crippen LogP) is 4.33. The minimum atomic E-state index is -1.15. The molecule has 37 heavy (non-hydrogen) atoms. The first-order valence-corrected chi connectivity index (χ1v) is 12.3. The lowest BCUT2D eigenvalue weighted by Crippen LogP contribution is -2.46. The molecule has 1 heterocycles. The van der Waals surface area contributed by atoms with E-state index in [1.54, 1.807) is 31.2 Å². The molecule has 1 amide bonds. The Hall–Kier alpha value is -1.94. The van der Waals surface area contributed by atoms with E-state index in [1.165, 1.54) is 11.0 Å². The Morgan fingerprint density at radius 2 is 1.73 bits per heavy atom. The highest BCUT2D eigenvalue weighted by Gasteiger charge is 2.32. The van der Waals surface area contributed by atoms with Gasteiger partial charge in [0.2, 0.25) is 0 Å². The van der Waals surface area contributed by atoms with E-state index in [2.05, 4.69) is 16.8 Å². The van der Waals surface area contributed by atoms with Crippen LogP contribution in [0.25, 0.3) is 0 Å². The number of ether oxygens (including phenoxy) is 1. The molecule has 0 aromatic heterocycles. The molecule has 1 aliphatic rings. The molecular formula is C25H33Cl4N3O5. The van der Waals surface area contributed by atoms with Gasteiger partial charge in [-0.2, -0.15) is 0 Å². The average molecular weight is 597 g/mol. The zero-order valence-electron chi connectivity index (χ0n) is 20.7. The Morgan fingerprint density at radius 3 is 2.30 bits per heavy atom. The Balaban J connectivity index is 0.00000342. The van der Waals surface area contributed by atoms with Crippen LogP contribution in [0.15, 0.2) is 36.4 Å². The first kappa shape index (κ1) is 33.1. The second kappa shape index (κ2) is 15.5. The van der Waals surface area contributed by atoms with Gasteiger partial charge in [0.1, 0.15) is 17.7 Å². The molecule has 0 radical (unpaired) electrons. The molecule has 2 N–H and O–H groups in total. The van der Waals surface area contributed by atoms with Crippen molar-refractivity contribution in [3.8, 4) is 11.5 Å². The molecule has 3 rings (SSSR count). The van der Waals surface area contributed by atoms with E-state index in [4.69, 9.17) is 27.9 Å². The third-order valence-corrected chi connectivity index (χ3v) is 6.80. The molecule has 2 aromatic rings. The molecule has 0 saturated carbocycles. The lowest BCUT2D eigenvalue weighted by atomic mass is 10.0. The Labute approximate surface area is 239 Å². The number of hydrogen-bond acceptors (Lipinski definition) is 6. The maximum absolute atomic E-state index is 13.3. The summed E-state index contributed by atoms with van der Waals surface area (Å²) in [5.74, 6) is -2.22. The number of piperazine rings is 1. The molecule has 1 aliphatic heterocycles. The van der Waals surface area contributed by atoms with Crippen molar-refractivity contribution in [2.24, 2.45) is 0 Å². The smallest absolute Gasteiger partial charge is 0.326 e. The van der Waals surface area contributed by atoms with Crippen molar-refractivity contribution < 1.29 is 24.5 Å². The van der Waals surface area contributed by atoms with Crippen LogP contribution in [-0.4, -0.2) is 95.8 Å². The molecule has 0 spiro atoms. The number of rotatable bonds is 10. The number of hydrogen-bond donors (Lipinski definition) is 2. The van der Waals surface area contributed by atoms with Gasteiger partial charge in [0.25, 0.3) is 5.91 Å². The van der Waals surface area contributed by atoms with E-state index in [1.807, 2.05) is 6.07 Å². The number of amides is 1. The standard InChI is InChI=1S/C25H31Cl2N3O5.2ClH/c1-3-30(20(25(33)34)15-17-7-5-4-6-8-17)24(32)18-16-19(26)23(21(27)22(18)31)35-14-13-29-11-9-28(2)10-12-29;;/h4-8,16,20,31H,3,9-15H2,1-2H3,(H,33,34);2*1H. The van der Waals surface area contributed by atoms with Gasteiger partial charge in [0, 0.05) is 45.7 Å². The molecular weight excluding hydrogens is 564 g/mol. The highest BCUT2D eigenvalue weighted by atomic mass is 35.5. The van der Waals surface area contributed by atoms with Gasteiger partial charge in [0.15, 0.2) is 11.5 Å². The number of aromatic hydroxyl groups is 1. The summed E-state index contributed by atoms with van der Waals surface area (Å²) in [5, 5.41) is 20.5. The molecule has 0 aliphatic carbocycles. The second-order valence-electron chi connectivity index (χ2n) is 8.53. The van der Waals surface area contributed by atoms with E-state index in [9.17, 15) is 19.8 Å². The van der Waals surface area contributed by atoms with E-state index in [-0.39, 0.29) is 59.1 Å². The van der Waals surface area contributed by atoms with Crippen molar-refractivity contribution in [2.45, 2.75) is 19.4 Å². The molecule has 2 aromatic carbocycles. The number of carboxylic acid groups (broad SMARTS) is 1. The minimum Gasteiger partial charge on any atom is -0.505 e. The minimum absolute atomic E-state index is 0. The van der Waals surface area contributed by atoms with Crippen molar-refractivity contribution >= 4 is 59.9 Å². The number of likely N-dealkylation sites (N-methyl/N-ethyl adjacent to an activating group) is 2. The number of carbonyl (C=O) groups excluding carboxylic acids is 1. The van der Waals surface area contributed by atoms with Crippen LogP contribution < -0.4 is 4.74 Å². The molecule has 1 atom stereocenters. The van der Waals surface area contributed by atoms with Crippen molar-refractivity contribution in [3.05, 3.63) is 57.6 Å². The summed E-state index contributed by atoms with van der Waals surface area (Å²) in [6.45, 7) is 6.60. The van der Waals surface area contributed by atoms with Crippen LogP contribution in [0.1, 0.15) is 22.8 Å². The van der Waals surface area contributed by atoms with Gasteiger partial charge >= 0.3 is 5.97 Å². The molecule has 12 heteroatoms. The summed E-state index contributed by atoms with van der Waals surface area (Å²) < 4.78 is 5.77. The fourth-order valence-electron chi connectivity index (χ4n) is 4.06. The van der Waals surface area contributed by atoms with Crippen LogP contribution in [0.3, 0.4) is 0 Å². The highest BCUT2D eigenvalue weighted by Crippen LogP contribution is 2.42. The maximum atomic E-state index is 13.3. The summed E-state index contributed by atoms with van der Waals surface area (Å²) in [5.41, 5.74) is 0.600. The second-order valence-corrected chi connectivity index (χ2v) is 9.31. The summed E-state index contributed by atoms with van der Waals surface area (Å²) in [6, 6.07) is 9.19. The van der Waals surface area contributed by atoms with E-state index < -0.39 is 23.7 Å². The van der Waals surface area contributed by atoms with Crippen molar-refractivity contribution in [1.29, 1.82) is 0 Å².